The summed E-state index contributed by atoms with van der Waals surface area (Å²) in [7, 11) is 0. The zero-order valence-electron chi connectivity index (χ0n) is 19.6. The SMILES string of the molecule is CC(=O)C(c1ccc(O)cc1)N1CCC(C(=O)CCCCc2ccc3c(n2)NCCC3)CC1. The lowest BCUT2D eigenvalue weighted by Gasteiger charge is -2.36. The first-order valence-electron chi connectivity index (χ1n) is 12.3. The second-order valence-corrected chi connectivity index (χ2v) is 9.43. The number of nitrogens with one attached hydrogen (secondary N) is 1. The Kier molecular flexibility index (Phi) is 7.76. The first kappa shape index (κ1) is 23.4. The summed E-state index contributed by atoms with van der Waals surface area (Å²) in [4.78, 5) is 32.0. The van der Waals surface area contributed by atoms with Crippen LogP contribution in [0.1, 0.15) is 68.3 Å². The summed E-state index contributed by atoms with van der Waals surface area (Å²) in [6.45, 7) is 4.10. The number of phenolic OH excluding ortho intramolecular Hbond substituents is 1. The molecule has 0 radical (unpaired) electrons. The van der Waals surface area contributed by atoms with E-state index in [1.165, 1.54) is 12.0 Å². The van der Waals surface area contributed by atoms with Crippen molar-refractivity contribution in [2.75, 3.05) is 25.0 Å². The van der Waals surface area contributed by atoms with E-state index >= 15 is 0 Å². The van der Waals surface area contributed by atoms with E-state index in [-0.39, 0.29) is 23.5 Å². The average molecular weight is 450 g/mol. The van der Waals surface area contributed by atoms with E-state index in [0.717, 1.165) is 75.2 Å². The van der Waals surface area contributed by atoms with Crippen LogP contribution in [0.4, 0.5) is 5.82 Å². The third kappa shape index (κ3) is 5.99. The Morgan fingerprint density at radius 2 is 1.88 bits per heavy atom. The molecule has 2 N–H and O–H groups in total. The molecule has 0 amide bonds. The number of fused-ring (bicyclic) bond motifs is 1. The molecule has 2 aliphatic rings. The van der Waals surface area contributed by atoms with Crippen molar-refractivity contribution in [2.45, 2.75) is 64.3 Å². The number of aryl methyl sites for hydroxylation is 2. The van der Waals surface area contributed by atoms with E-state index in [4.69, 9.17) is 4.98 Å². The number of phenols is 1. The molecule has 1 unspecified atom stereocenters. The number of nitrogens with zero attached hydrogens (tertiary/aromatic N) is 2. The highest BCUT2D eigenvalue weighted by Gasteiger charge is 2.31. The maximum atomic E-state index is 12.8. The fraction of sp³-hybridized carbons (Fsp3) is 0.519. The summed E-state index contributed by atoms with van der Waals surface area (Å²) in [5.74, 6) is 1.79. The van der Waals surface area contributed by atoms with Gasteiger partial charge in [0.1, 0.15) is 17.4 Å². The lowest BCUT2D eigenvalue weighted by atomic mass is 9.88. The number of piperidine rings is 1. The number of aromatic hydroxyl groups is 1. The molecule has 1 atom stereocenters. The minimum absolute atomic E-state index is 0.0939. The van der Waals surface area contributed by atoms with Gasteiger partial charge in [-0.3, -0.25) is 14.5 Å². The molecule has 0 saturated carbocycles. The summed E-state index contributed by atoms with van der Waals surface area (Å²) < 4.78 is 0. The van der Waals surface area contributed by atoms with Crippen LogP contribution in [0.5, 0.6) is 5.75 Å². The van der Waals surface area contributed by atoms with Gasteiger partial charge in [-0.1, -0.05) is 18.2 Å². The molecule has 2 aromatic rings. The number of aromatic nitrogens is 1. The van der Waals surface area contributed by atoms with E-state index in [9.17, 15) is 14.7 Å². The second-order valence-electron chi connectivity index (χ2n) is 9.43. The van der Waals surface area contributed by atoms with E-state index < -0.39 is 0 Å². The molecule has 6 heteroatoms. The van der Waals surface area contributed by atoms with Crippen molar-refractivity contribution >= 4 is 17.4 Å². The highest BCUT2D eigenvalue weighted by Crippen LogP contribution is 2.30. The lowest BCUT2D eigenvalue weighted by molar-refractivity contribution is -0.126. The number of ketones is 2. The molecular formula is C27H35N3O3. The van der Waals surface area contributed by atoms with Crippen LogP contribution >= 0.6 is 0 Å². The number of benzene rings is 1. The van der Waals surface area contributed by atoms with Gasteiger partial charge >= 0.3 is 0 Å². The summed E-state index contributed by atoms with van der Waals surface area (Å²) in [6, 6.07) is 10.9. The molecule has 0 spiro atoms. The van der Waals surface area contributed by atoms with Gasteiger partial charge in [0.2, 0.25) is 0 Å². The Balaban J connectivity index is 1.21. The topological polar surface area (TPSA) is 82.5 Å². The van der Waals surface area contributed by atoms with Crippen LogP contribution in [-0.2, 0) is 22.4 Å². The zero-order chi connectivity index (χ0) is 23.2. The van der Waals surface area contributed by atoms with Crippen LogP contribution in [0.15, 0.2) is 36.4 Å². The van der Waals surface area contributed by atoms with Crippen molar-refractivity contribution in [3.05, 3.63) is 53.2 Å². The number of hydrogen-bond donors (Lipinski definition) is 2. The Morgan fingerprint density at radius 3 is 2.61 bits per heavy atom. The molecule has 6 nitrogen and oxygen atoms in total. The van der Waals surface area contributed by atoms with Gasteiger partial charge in [-0.15, -0.1) is 0 Å². The summed E-state index contributed by atoms with van der Waals surface area (Å²) >= 11 is 0. The number of rotatable bonds is 9. The second kappa shape index (κ2) is 10.9. The lowest BCUT2D eigenvalue weighted by Crippen LogP contribution is -2.41. The summed E-state index contributed by atoms with van der Waals surface area (Å²) in [6.07, 6.45) is 7.29. The molecule has 0 bridgehead atoms. The van der Waals surface area contributed by atoms with Gasteiger partial charge < -0.3 is 10.4 Å². The number of anilines is 1. The third-order valence-corrected chi connectivity index (χ3v) is 7.00. The molecule has 2 aliphatic heterocycles. The van der Waals surface area contributed by atoms with Crippen LogP contribution in [0, 0.1) is 5.92 Å². The monoisotopic (exact) mass is 449 g/mol. The molecule has 1 aromatic carbocycles. The van der Waals surface area contributed by atoms with Gasteiger partial charge in [0.15, 0.2) is 5.78 Å². The largest absolute Gasteiger partial charge is 0.508 e. The highest BCUT2D eigenvalue weighted by molar-refractivity contribution is 5.83. The number of unbranched alkanes of at least 4 members (excludes halogenated alkanes) is 1. The molecule has 0 aliphatic carbocycles. The molecular weight excluding hydrogens is 414 g/mol. The highest BCUT2D eigenvalue weighted by atomic mass is 16.3. The molecule has 1 saturated heterocycles. The fourth-order valence-electron chi connectivity index (χ4n) is 5.16. The Hall–Kier alpha value is -2.73. The molecule has 4 rings (SSSR count). The van der Waals surface area contributed by atoms with Crippen LogP contribution in [-0.4, -0.2) is 46.2 Å². The summed E-state index contributed by atoms with van der Waals surface area (Å²) in [5.41, 5.74) is 3.31. The maximum Gasteiger partial charge on any atom is 0.151 e. The van der Waals surface area contributed by atoms with Crippen molar-refractivity contribution < 1.29 is 14.7 Å². The maximum absolute atomic E-state index is 12.8. The molecule has 176 valence electrons. The third-order valence-electron chi connectivity index (χ3n) is 7.00. The van der Waals surface area contributed by atoms with Crippen molar-refractivity contribution in [3.63, 3.8) is 0 Å². The van der Waals surface area contributed by atoms with E-state index in [1.807, 2.05) is 12.1 Å². The standard InChI is InChI=1S/C27H35N3O3/c1-19(31)26(21-9-12-24(32)13-10-21)30-17-14-20(15-18-30)25(33)7-3-2-6-23-11-8-22-5-4-16-28-27(22)29-23/h8-13,20,26,32H,2-7,14-18H2,1H3,(H,28,29). The van der Waals surface area contributed by atoms with Crippen molar-refractivity contribution in [1.82, 2.24) is 9.88 Å². The Bertz CT molecular complexity index is 965. The van der Waals surface area contributed by atoms with Gasteiger partial charge in [-0.2, -0.15) is 0 Å². The van der Waals surface area contributed by atoms with Crippen LogP contribution in [0.3, 0.4) is 0 Å². The minimum Gasteiger partial charge on any atom is -0.508 e. The van der Waals surface area contributed by atoms with Gasteiger partial charge in [0.25, 0.3) is 0 Å². The smallest absolute Gasteiger partial charge is 0.151 e. The predicted octanol–water partition coefficient (Wildman–Crippen LogP) is 4.47. The fourth-order valence-corrected chi connectivity index (χ4v) is 5.16. The number of pyridine rings is 1. The van der Waals surface area contributed by atoms with Crippen molar-refractivity contribution in [2.24, 2.45) is 5.92 Å². The number of Topliss-reactive ketones (excluding diaryl/α,β-unsaturated/α-hetero) is 2. The summed E-state index contributed by atoms with van der Waals surface area (Å²) in [5, 5.41) is 12.9. The molecule has 1 fully saturated rings. The number of hydrogen-bond acceptors (Lipinski definition) is 6. The van der Waals surface area contributed by atoms with E-state index in [0.29, 0.717) is 12.2 Å². The Labute approximate surface area is 196 Å². The first-order valence-corrected chi connectivity index (χ1v) is 12.3. The minimum atomic E-state index is -0.305. The molecule has 1 aromatic heterocycles. The van der Waals surface area contributed by atoms with Gasteiger partial charge in [-0.05, 0) is 94.3 Å². The first-order chi connectivity index (χ1) is 16.0. The van der Waals surface area contributed by atoms with E-state index in [1.54, 1.807) is 19.1 Å². The van der Waals surface area contributed by atoms with Gasteiger partial charge in [-0.25, -0.2) is 4.98 Å². The van der Waals surface area contributed by atoms with Crippen LogP contribution in [0.2, 0.25) is 0 Å². The number of likely N-dealkylation sites (tertiary alicyclic amines) is 1. The van der Waals surface area contributed by atoms with Crippen molar-refractivity contribution in [3.8, 4) is 5.75 Å². The number of carbonyl (C=O) groups is 2. The zero-order valence-corrected chi connectivity index (χ0v) is 19.6. The molecule has 3 heterocycles. The van der Waals surface area contributed by atoms with Gasteiger partial charge in [0.05, 0.1) is 6.04 Å². The van der Waals surface area contributed by atoms with E-state index in [2.05, 4.69) is 22.3 Å². The quantitative estimate of drug-likeness (QED) is 0.550. The average Bonchev–Trinajstić information content (AvgIpc) is 2.83. The van der Waals surface area contributed by atoms with Crippen LogP contribution in [0.25, 0.3) is 0 Å². The Morgan fingerprint density at radius 1 is 1.12 bits per heavy atom. The van der Waals surface area contributed by atoms with Gasteiger partial charge in [0, 0.05) is 24.6 Å². The normalized spacial score (nSPS) is 17.7. The van der Waals surface area contributed by atoms with Crippen molar-refractivity contribution in [1.29, 1.82) is 0 Å². The molecule has 33 heavy (non-hydrogen) atoms. The predicted molar refractivity (Wildman–Crippen MR) is 129 cm³/mol. The number of carbonyl (C=O) groups excluding carboxylic acids is 2. The van der Waals surface area contributed by atoms with Crippen LogP contribution < -0.4 is 5.32 Å².